The van der Waals surface area contributed by atoms with E-state index < -0.39 is 11.7 Å². The van der Waals surface area contributed by atoms with E-state index in [1.165, 1.54) is 5.56 Å². The van der Waals surface area contributed by atoms with E-state index in [1.807, 2.05) is 83.1 Å². The highest BCUT2D eigenvalue weighted by Gasteiger charge is 2.18. The van der Waals surface area contributed by atoms with Crippen LogP contribution in [-0.4, -0.2) is 11.7 Å². The van der Waals surface area contributed by atoms with Crippen LogP contribution >= 0.6 is 31.9 Å². The number of rotatable bonds is 3. The Bertz CT molecular complexity index is 708. The maximum atomic E-state index is 11.6. The SMILES string of the molecule is C[C@H](N)c1ccc(Br)cc1.C[C@H](NC(=O)OC(C)(C)C)c1ccc(Br)cc1. The third-order valence-corrected chi connectivity index (χ3v) is 4.56. The molecule has 0 aliphatic carbocycles. The Kier molecular flexibility index (Phi) is 9.50. The highest BCUT2D eigenvalue weighted by molar-refractivity contribution is 9.10. The molecule has 0 spiro atoms. The summed E-state index contributed by atoms with van der Waals surface area (Å²) in [6.45, 7) is 9.43. The number of hydrogen-bond donors (Lipinski definition) is 2. The lowest BCUT2D eigenvalue weighted by Gasteiger charge is -2.22. The molecule has 0 unspecified atom stereocenters. The first kappa shape index (κ1) is 23.7. The molecule has 0 radical (unpaired) electrons. The van der Waals surface area contributed by atoms with E-state index in [0.29, 0.717) is 0 Å². The van der Waals surface area contributed by atoms with Crippen molar-refractivity contribution in [2.75, 3.05) is 0 Å². The molecule has 2 atom stereocenters. The molecule has 0 heterocycles. The molecule has 2 aromatic carbocycles. The molecule has 0 saturated heterocycles. The monoisotopic (exact) mass is 498 g/mol. The van der Waals surface area contributed by atoms with Crippen molar-refractivity contribution in [1.29, 1.82) is 0 Å². The number of nitrogens with two attached hydrogens (primary N) is 1. The second-order valence-electron chi connectivity index (χ2n) is 7.26. The maximum absolute atomic E-state index is 11.6. The largest absolute Gasteiger partial charge is 0.444 e. The van der Waals surface area contributed by atoms with Gasteiger partial charge in [0, 0.05) is 15.0 Å². The Morgan fingerprint density at radius 3 is 1.70 bits per heavy atom. The predicted molar refractivity (Wildman–Crippen MR) is 119 cm³/mol. The van der Waals surface area contributed by atoms with Gasteiger partial charge in [-0.1, -0.05) is 56.1 Å². The second-order valence-corrected chi connectivity index (χ2v) is 9.09. The smallest absolute Gasteiger partial charge is 0.408 e. The lowest BCUT2D eigenvalue weighted by Crippen LogP contribution is -2.34. The third kappa shape index (κ3) is 9.94. The van der Waals surface area contributed by atoms with Crippen molar-refractivity contribution >= 4 is 38.0 Å². The summed E-state index contributed by atoms with van der Waals surface area (Å²) >= 11 is 6.73. The molecule has 0 aromatic heterocycles. The summed E-state index contributed by atoms with van der Waals surface area (Å²) in [5.41, 5.74) is 7.39. The Balaban J connectivity index is 0.000000309. The number of ether oxygens (including phenoxy) is 1. The first-order chi connectivity index (χ1) is 12.5. The standard InChI is InChI=1S/C13H18BrNO2.C8H10BrN/c1-9(10-5-7-11(14)8-6-10)15-12(16)17-13(2,3)4;1-6(10)7-2-4-8(9)5-3-7/h5-9H,1-4H3,(H,15,16);2-6H,10H2,1H3/t9-;6-/m00/s1. The van der Waals surface area contributed by atoms with Gasteiger partial charge in [0.05, 0.1) is 6.04 Å². The van der Waals surface area contributed by atoms with Crippen molar-refractivity contribution in [3.05, 3.63) is 68.6 Å². The fourth-order valence-electron chi connectivity index (χ4n) is 2.09. The maximum Gasteiger partial charge on any atom is 0.408 e. The van der Waals surface area contributed by atoms with Crippen LogP contribution in [0, 0.1) is 0 Å². The van der Waals surface area contributed by atoms with Crippen molar-refractivity contribution in [3.8, 4) is 0 Å². The molecule has 4 nitrogen and oxygen atoms in total. The summed E-state index contributed by atoms with van der Waals surface area (Å²) in [5, 5.41) is 2.80. The van der Waals surface area contributed by atoms with Gasteiger partial charge >= 0.3 is 6.09 Å². The topological polar surface area (TPSA) is 64.3 Å². The highest BCUT2D eigenvalue weighted by Crippen LogP contribution is 2.17. The van der Waals surface area contributed by atoms with Crippen LogP contribution in [-0.2, 0) is 4.74 Å². The number of nitrogens with one attached hydrogen (secondary N) is 1. The molecular formula is C21H28Br2N2O2. The Labute approximate surface area is 179 Å². The molecule has 3 N–H and O–H groups in total. The van der Waals surface area contributed by atoms with Crippen LogP contribution in [0.2, 0.25) is 0 Å². The number of carbonyl (C=O) groups is 1. The third-order valence-electron chi connectivity index (χ3n) is 3.50. The molecule has 2 rings (SSSR count). The van der Waals surface area contributed by atoms with Crippen LogP contribution in [0.5, 0.6) is 0 Å². The van der Waals surface area contributed by atoms with Gasteiger partial charge < -0.3 is 15.8 Å². The van der Waals surface area contributed by atoms with Crippen LogP contribution in [0.25, 0.3) is 0 Å². The molecule has 0 bridgehead atoms. The number of hydrogen-bond acceptors (Lipinski definition) is 3. The van der Waals surface area contributed by atoms with E-state index in [9.17, 15) is 4.79 Å². The average molecular weight is 500 g/mol. The molecule has 1 amide bonds. The zero-order chi connectivity index (χ0) is 20.6. The normalized spacial score (nSPS) is 13.0. The molecule has 0 aliphatic rings. The lowest BCUT2D eigenvalue weighted by atomic mass is 10.1. The Morgan fingerprint density at radius 1 is 0.926 bits per heavy atom. The number of carbonyl (C=O) groups excluding carboxylic acids is 1. The zero-order valence-corrected chi connectivity index (χ0v) is 19.6. The quantitative estimate of drug-likeness (QED) is 0.506. The highest BCUT2D eigenvalue weighted by atomic mass is 79.9. The van der Waals surface area contributed by atoms with Crippen LogP contribution < -0.4 is 11.1 Å². The van der Waals surface area contributed by atoms with Crippen LogP contribution in [0.3, 0.4) is 0 Å². The van der Waals surface area contributed by atoms with E-state index in [-0.39, 0.29) is 12.1 Å². The molecule has 6 heteroatoms. The summed E-state index contributed by atoms with van der Waals surface area (Å²) in [4.78, 5) is 11.6. The number of alkyl carbamates (subject to hydrolysis) is 1. The molecule has 2 aromatic rings. The molecule has 148 valence electrons. The van der Waals surface area contributed by atoms with Gasteiger partial charge in [-0.3, -0.25) is 0 Å². The summed E-state index contributed by atoms with van der Waals surface area (Å²) in [6.07, 6.45) is -0.395. The second kappa shape index (κ2) is 10.8. The van der Waals surface area contributed by atoms with Crippen molar-refractivity contribution < 1.29 is 9.53 Å². The van der Waals surface area contributed by atoms with Crippen molar-refractivity contribution in [2.24, 2.45) is 5.73 Å². The zero-order valence-electron chi connectivity index (χ0n) is 16.4. The van der Waals surface area contributed by atoms with E-state index in [2.05, 4.69) is 37.2 Å². The lowest BCUT2D eigenvalue weighted by molar-refractivity contribution is 0.0508. The molecule has 0 fully saturated rings. The van der Waals surface area contributed by atoms with Gasteiger partial charge in [-0.15, -0.1) is 0 Å². The number of amides is 1. The minimum Gasteiger partial charge on any atom is -0.444 e. The van der Waals surface area contributed by atoms with Crippen molar-refractivity contribution in [2.45, 2.75) is 52.3 Å². The van der Waals surface area contributed by atoms with Crippen LogP contribution in [0.4, 0.5) is 4.79 Å². The van der Waals surface area contributed by atoms with Crippen molar-refractivity contribution in [3.63, 3.8) is 0 Å². The van der Waals surface area contributed by atoms with Gasteiger partial charge in [0.2, 0.25) is 0 Å². The van der Waals surface area contributed by atoms with Gasteiger partial charge in [0.15, 0.2) is 0 Å². The summed E-state index contributed by atoms with van der Waals surface area (Å²) in [5.74, 6) is 0. The van der Waals surface area contributed by atoms with Crippen LogP contribution in [0.1, 0.15) is 57.8 Å². The van der Waals surface area contributed by atoms with Gasteiger partial charge in [0.25, 0.3) is 0 Å². The van der Waals surface area contributed by atoms with Gasteiger partial charge in [-0.2, -0.15) is 0 Å². The first-order valence-electron chi connectivity index (χ1n) is 8.74. The number of halogens is 2. The summed E-state index contributed by atoms with van der Waals surface area (Å²) < 4.78 is 7.31. The predicted octanol–water partition coefficient (Wildman–Crippen LogP) is 6.50. The Hall–Kier alpha value is -1.37. The Morgan fingerprint density at radius 2 is 1.33 bits per heavy atom. The van der Waals surface area contributed by atoms with E-state index in [4.69, 9.17) is 10.5 Å². The van der Waals surface area contributed by atoms with Crippen molar-refractivity contribution in [1.82, 2.24) is 5.32 Å². The molecule has 0 aliphatic heterocycles. The van der Waals surface area contributed by atoms with Gasteiger partial charge in [-0.25, -0.2) is 4.79 Å². The van der Waals surface area contributed by atoms with E-state index in [1.54, 1.807) is 0 Å². The molecule has 0 saturated carbocycles. The van der Waals surface area contributed by atoms with Gasteiger partial charge in [0.1, 0.15) is 5.60 Å². The number of benzene rings is 2. The fourth-order valence-corrected chi connectivity index (χ4v) is 2.61. The van der Waals surface area contributed by atoms with E-state index >= 15 is 0 Å². The summed E-state index contributed by atoms with van der Waals surface area (Å²) in [7, 11) is 0. The summed E-state index contributed by atoms with van der Waals surface area (Å²) in [6, 6.07) is 15.9. The molecule has 27 heavy (non-hydrogen) atoms. The average Bonchev–Trinajstić information content (AvgIpc) is 2.54. The van der Waals surface area contributed by atoms with E-state index in [0.717, 1.165) is 14.5 Å². The molecular weight excluding hydrogens is 472 g/mol. The minimum atomic E-state index is -0.469. The first-order valence-corrected chi connectivity index (χ1v) is 10.3. The van der Waals surface area contributed by atoms with Gasteiger partial charge in [-0.05, 0) is 70.0 Å². The van der Waals surface area contributed by atoms with Crippen LogP contribution in [0.15, 0.2) is 57.5 Å². The fraction of sp³-hybridized carbons (Fsp3) is 0.381. The minimum absolute atomic E-state index is 0.0713.